The van der Waals surface area contributed by atoms with E-state index in [1.165, 1.54) is 0 Å². The summed E-state index contributed by atoms with van der Waals surface area (Å²) in [5.74, 6) is 0.244. The van der Waals surface area contributed by atoms with Crippen LogP contribution in [0.4, 0.5) is 0 Å². The first-order valence-electron chi connectivity index (χ1n) is 5.53. The third-order valence-corrected chi connectivity index (χ3v) is 3.44. The van der Waals surface area contributed by atoms with Crippen LogP contribution in [0.3, 0.4) is 0 Å². The van der Waals surface area contributed by atoms with Gasteiger partial charge in [-0.3, -0.25) is 4.79 Å². The number of ether oxygens (including phenoxy) is 3. The van der Waals surface area contributed by atoms with Crippen LogP contribution in [0.2, 0.25) is 0 Å². The summed E-state index contributed by atoms with van der Waals surface area (Å²) in [5, 5.41) is 0. The summed E-state index contributed by atoms with van der Waals surface area (Å²) >= 11 is 0. The van der Waals surface area contributed by atoms with Crippen molar-refractivity contribution in [3.05, 3.63) is 0 Å². The lowest BCUT2D eigenvalue weighted by molar-refractivity contribution is -0.156. The second-order valence-electron chi connectivity index (χ2n) is 4.24. The van der Waals surface area contributed by atoms with Crippen LogP contribution in [0, 0.1) is 5.92 Å². The molecule has 15 heavy (non-hydrogen) atoms. The van der Waals surface area contributed by atoms with Gasteiger partial charge in [0, 0.05) is 45.7 Å². The minimum atomic E-state index is -0.601. The van der Waals surface area contributed by atoms with Crippen molar-refractivity contribution in [2.45, 2.75) is 24.9 Å². The summed E-state index contributed by atoms with van der Waals surface area (Å²) in [6.07, 6.45) is 2.20. The fourth-order valence-corrected chi connectivity index (χ4v) is 2.37. The standard InChI is InChI=1S/C11H18O4/c1-13-11(3-6-14-7-4-11)10(12)9-2-5-15-8-9/h9H,2-8H2,1H3. The van der Waals surface area contributed by atoms with Crippen LogP contribution in [-0.4, -0.2) is 44.9 Å². The summed E-state index contributed by atoms with van der Waals surface area (Å²) in [7, 11) is 1.62. The first-order valence-corrected chi connectivity index (χ1v) is 5.53. The molecule has 2 saturated heterocycles. The van der Waals surface area contributed by atoms with Gasteiger partial charge < -0.3 is 14.2 Å². The summed E-state index contributed by atoms with van der Waals surface area (Å²) in [6.45, 7) is 2.50. The molecular formula is C11H18O4. The molecule has 4 heteroatoms. The molecule has 0 spiro atoms. The Bertz CT molecular complexity index is 227. The molecule has 2 rings (SSSR count). The molecular weight excluding hydrogens is 196 g/mol. The van der Waals surface area contributed by atoms with E-state index in [4.69, 9.17) is 14.2 Å². The minimum Gasteiger partial charge on any atom is -0.381 e. The maximum absolute atomic E-state index is 12.3. The maximum atomic E-state index is 12.3. The summed E-state index contributed by atoms with van der Waals surface area (Å²) < 4.78 is 16.0. The lowest BCUT2D eigenvalue weighted by Gasteiger charge is -2.35. The van der Waals surface area contributed by atoms with Gasteiger partial charge in [-0.2, -0.15) is 0 Å². The molecule has 0 radical (unpaired) electrons. The SMILES string of the molecule is COC1(C(=O)C2CCOC2)CCOCC1. The highest BCUT2D eigenvalue weighted by Crippen LogP contribution is 2.31. The zero-order valence-corrected chi connectivity index (χ0v) is 9.16. The van der Waals surface area contributed by atoms with E-state index >= 15 is 0 Å². The van der Waals surface area contributed by atoms with Crippen molar-refractivity contribution in [3.8, 4) is 0 Å². The molecule has 0 aliphatic carbocycles. The Morgan fingerprint density at radius 2 is 2.00 bits per heavy atom. The molecule has 2 fully saturated rings. The Kier molecular flexibility index (Phi) is 3.38. The van der Waals surface area contributed by atoms with Crippen molar-refractivity contribution in [3.63, 3.8) is 0 Å². The first-order chi connectivity index (χ1) is 7.28. The van der Waals surface area contributed by atoms with E-state index < -0.39 is 5.60 Å². The zero-order chi connectivity index (χ0) is 10.7. The van der Waals surface area contributed by atoms with Crippen LogP contribution in [-0.2, 0) is 19.0 Å². The number of carbonyl (C=O) groups excluding carboxylic acids is 1. The van der Waals surface area contributed by atoms with Crippen molar-refractivity contribution < 1.29 is 19.0 Å². The molecule has 0 aromatic carbocycles. The normalized spacial score (nSPS) is 30.3. The van der Waals surface area contributed by atoms with Gasteiger partial charge in [0.1, 0.15) is 5.60 Å². The van der Waals surface area contributed by atoms with Gasteiger partial charge in [-0.25, -0.2) is 0 Å². The smallest absolute Gasteiger partial charge is 0.170 e. The molecule has 4 nitrogen and oxygen atoms in total. The van der Waals surface area contributed by atoms with E-state index in [9.17, 15) is 4.79 Å². The molecule has 86 valence electrons. The van der Waals surface area contributed by atoms with Gasteiger partial charge in [0.15, 0.2) is 5.78 Å². The number of hydrogen-bond donors (Lipinski definition) is 0. The van der Waals surface area contributed by atoms with E-state index in [0.29, 0.717) is 39.3 Å². The lowest BCUT2D eigenvalue weighted by Crippen LogP contribution is -2.48. The van der Waals surface area contributed by atoms with Crippen LogP contribution in [0.15, 0.2) is 0 Å². The van der Waals surface area contributed by atoms with E-state index in [2.05, 4.69) is 0 Å². The fourth-order valence-electron chi connectivity index (χ4n) is 2.37. The van der Waals surface area contributed by atoms with E-state index in [-0.39, 0.29) is 11.7 Å². The van der Waals surface area contributed by atoms with Gasteiger partial charge >= 0.3 is 0 Å². The predicted octanol–water partition coefficient (Wildman–Crippen LogP) is 0.788. The van der Waals surface area contributed by atoms with Crippen molar-refractivity contribution in [1.29, 1.82) is 0 Å². The van der Waals surface area contributed by atoms with Crippen LogP contribution < -0.4 is 0 Å². The van der Waals surface area contributed by atoms with Gasteiger partial charge in [0.25, 0.3) is 0 Å². The number of carbonyl (C=O) groups is 1. The van der Waals surface area contributed by atoms with Gasteiger partial charge in [-0.1, -0.05) is 0 Å². The van der Waals surface area contributed by atoms with E-state index in [1.807, 2.05) is 0 Å². The number of ketones is 1. The molecule has 2 aliphatic rings. The van der Waals surface area contributed by atoms with Crippen molar-refractivity contribution >= 4 is 5.78 Å². The highest BCUT2D eigenvalue weighted by molar-refractivity contribution is 5.89. The summed E-state index contributed by atoms with van der Waals surface area (Å²) in [4.78, 5) is 12.3. The van der Waals surface area contributed by atoms with Crippen LogP contribution >= 0.6 is 0 Å². The molecule has 1 unspecified atom stereocenters. The average Bonchev–Trinajstić information content (AvgIpc) is 2.82. The Hall–Kier alpha value is -0.450. The Morgan fingerprint density at radius 3 is 2.53 bits per heavy atom. The highest BCUT2D eigenvalue weighted by atomic mass is 16.5. The molecule has 0 N–H and O–H groups in total. The van der Waals surface area contributed by atoms with Crippen LogP contribution in [0.1, 0.15) is 19.3 Å². The zero-order valence-electron chi connectivity index (χ0n) is 9.16. The van der Waals surface area contributed by atoms with Gasteiger partial charge in [0.2, 0.25) is 0 Å². The quantitative estimate of drug-likeness (QED) is 0.696. The Labute approximate surface area is 89.9 Å². The number of rotatable bonds is 3. The minimum absolute atomic E-state index is 0.0306. The molecule has 0 amide bonds. The summed E-state index contributed by atoms with van der Waals surface area (Å²) in [5.41, 5.74) is -0.601. The van der Waals surface area contributed by atoms with Gasteiger partial charge in [0.05, 0.1) is 6.61 Å². The van der Waals surface area contributed by atoms with Gasteiger partial charge in [-0.15, -0.1) is 0 Å². The fraction of sp³-hybridized carbons (Fsp3) is 0.909. The Morgan fingerprint density at radius 1 is 1.27 bits per heavy atom. The third-order valence-electron chi connectivity index (χ3n) is 3.44. The van der Waals surface area contributed by atoms with Crippen LogP contribution in [0.5, 0.6) is 0 Å². The molecule has 1 atom stereocenters. The maximum Gasteiger partial charge on any atom is 0.170 e. The predicted molar refractivity (Wildman–Crippen MR) is 53.7 cm³/mol. The van der Waals surface area contributed by atoms with Crippen molar-refractivity contribution in [2.24, 2.45) is 5.92 Å². The largest absolute Gasteiger partial charge is 0.381 e. The second-order valence-corrected chi connectivity index (χ2v) is 4.24. The number of methoxy groups -OCH3 is 1. The molecule has 0 aromatic heterocycles. The first kappa shape index (κ1) is 11.0. The topological polar surface area (TPSA) is 44.8 Å². The molecule has 0 saturated carbocycles. The highest BCUT2D eigenvalue weighted by Gasteiger charge is 2.44. The van der Waals surface area contributed by atoms with E-state index in [1.54, 1.807) is 7.11 Å². The number of Topliss-reactive ketones (excluding diaryl/α,β-unsaturated/α-hetero) is 1. The van der Waals surface area contributed by atoms with Crippen LogP contribution in [0.25, 0.3) is 0 Å². The van der Waals surface area contributed by atoms with Crippen molar-refractivity contribution in [1.82, 2.24) is 0 Å². The summed E-state index contributed by atoms with van der Waals surface area (Å²) in [6, 6.07) is 0. The average molecular weight is 214 g/mol. The van der Waals surface area contributed by atoms with E-state index in [0.717, 1.165) is 6.42 Å². The van der Waals surface area contributed by atoms with Gasteiger partial charge in [-0.05, 0) is 6.42 Å². The Balaban J connectivity index is 2.06. The van der Waals surface area contributed by atoms with Crippen molar-refractivity contribution in [2.75, 3.05) is 33.5 Å². The number of hydrogen-bond acceptors (Lipinski definition) is 4. The monoisotopic (exact) mass is 214 g/mol. The second kappa shape index (κ2) is 4.60. The molecule has 0 aromatic rings. The lowest BCUT2D eigenvalue weighted by atomic mass is 9.82. The molecule has 2 heterocycles. The molecule has 2 aliphatic heterocycles. The third kappa shape index (κ3) is 2.07. The molecule has 0 bridgehead atoms.